The van der Waals surface area contributed by atoms with Crippen molar-refractivity contribution in [2.45, 2.75) is 39.7 Å². The minimum absolute atomic E-state index is 0.0581. The third-order valence-electron chi connectivity index (χ3n) is 4.85. The topological polar surface area (TPSA) is 53.9 Å². The minimum atomic E-state index is -0.197. The van der Waals surface area contributed by atoms with E-state index in [0.29, 0.717) is 0 Å². The van der Waals surface area contributed by atoms with Crippen LogP contribution in [0.4, 0.5) is 5.69 Å². The lowest BCUT2D eigenvalue weighted by atomic mass is 10.1. The Morgan fingerprint density at radius 2 is 1.91 bits per heavy atom. The van der Waals surface area contributed by atoms with Crippen LogP contribution < -0.4 is 10.2 Å². The van der Waals surface area contributed by atoms with Crippen LogP contribution in [0.15, 0.2) is 18.2 Å². The molecule has 0 bridgehead atoms. The third-order valence-corrected chi connectivity index (χ3v) is 4.85. The SMILES string of the molecule is Cc1cccc(NC(=O)C[NH+](C)[C@H](C)C(=O)N2CCCC2)c1C. The van der Waals surface area contributed by atoms with Crippen molar-refractivity contribution in [1.29, 1.82) is 0 Å². The number of hydrogen-bond acceptors (Lipinski definition) is 2. The highest BCUT2D eigenvalue weighted by atomic mass is 16.2. The standard InChI is InChI=1S/C18H27N3O2/c1-13-8-7-9-16(14(13)2)19-17(22)12-20(4)15(3)18(23)21-10-5-6-11-21/h7-9,15H,5-6,10-12H2,1-4H3,(H,19,22)/p+1/t15-/m1/s1. The summed E-state index contributed by atoms with van der Waals surface area (Å²) < 4.78 is 0. The van der Waals surface area contributed by atoms with Crippen LogP contribution in [0.2, 0.25) is 0 Å². The molecule has 5 nitrogen and oxygen atoms in total. The van der Waals surface area contributed by atoms with Crippen molar-refractivity contribution >= 4 is 17.5 Å². The fourth-order valence-corrected chi connectivity index (χ4v) is 2.91. The Labute approximate surface area is 138 Å². The summed E-state index contributed by atoms with van der Waals surface area (Å²) in [5, 5.41) is 2.96. The molecule has 126 valence electrons. The van der Waals surface area contributed by atoms with Gasteiger partial charge in [0.2, 0.25) is 0 Å². The van der Waals surface area contributed by atoms with Crippen LogP contribution in [0, 0.1) is 13.8 Å². The van der Waals surface area contributed by atoms with E-state index < -0.39 is 0 Å². The summed E-state index contributed by atoms with van der Waals surface area (Å²) in [5.41, 5.74) is 3.09. The Morgan fingerprint density at radius 1 is 1.26 bits per heavy atom. The molecule has 23 heavy (non-hydrogen) atoms. The molecular formula is C18H28N3O2+. The Morgan fingerprint density at radius 3 is 2.57 bits per heavy atom. The van der Waals surface area contributed by atoms with E-state index in [9.17, 15) is 9.59 Å². The first-order chi connectivity index (χ1) is 10.9. The number of likely N-dealkylation sites (tertiary alicyclic amines) is 1. The summed E-state index contributed by atoms with van der Waals surface area (Å²) in [4.78, 5) is 27.5. The molecular weight excluding hydrogens is 290 g/mol. The van der Waals surface area contributed by atoms with Crippen molar-refractivity contribution in [2.75, 3.05) is 32.0 Å². The summed E-state index contributed by atoms with van der Waals surface area (Å²) in [7, 11) is 1.90. The van der Waals surface area contributed by atoms with Crippen molar-refractivity contribution in [3.05, 3.63) is 29.3 Å². The second kappa shape index (κ2) is 7.59. The van der Waals surface area contributed by atoms with E-state index in [4.69, 9.17) is 0 Å². The lowest BCUT2D eigenvalue weighted by molar-refractivity contribution is -0.886. The summed E-state index contributed by atoms with van der Waals surface area (Å²) in [6.07, 6.45) is 2.18. The number of carbonyl (C=O) groups excluding carboxylic acids is 2. The summed E-state index contributed by atoms with van der Waals surface area (Å²) >= 11 is 0. The zero-order chi connectivity index (χ0) is 17.0. The van der Waals surface area contributed by atoms with Crippen LogP contribution in [-0.2, 0) is 9.59 Å². The van der Waals surface area contributed by atoms with Crippen LogP contribution in [-0.4, -0.2) is 49.4 Å². The molecule has 1 aromatic rings. The molecule has 2 amide bonds. The first kappa shape index (κ1) is 17.5. The molecule has 1 fully saturated rings. The molecule has 1 heterocycles. The summed E-state index contributed by atoms with van der Waals surface area (Å²) in [5.74, 6) is 0.0943. The maximum atomic E-state index is 12.4. The Hall–Kier alpha value is -1.88. The van der Waals surface area contributed by atoms with Gasteiger partial charge >= 0.3 is 0 Å². The molecule has 1 aromatic carbocycles. The largest absolute Gasteiger partial charge is 0.338 e. The van der Waals surface area contributed by atoms with E-state index in [1.807, 2.05) is 50.9 Å². The summed E-state index contributed by atoms with van der Waals surface area (Å²) in [6, 6.07) is 5.68. The van der Waals surface area contributed by atoms with Gasteiger partial charge in [-0.25, -0.2) is 0 Å². The molecule has 0 saturated carbocycles. The number of likely N-dealkylation sites (N-methyl/N-ethyl adjacent to an activating group) is 1. The molecule has 1 saturated heterocycles. The van der Waals surface area contributed by atoms with Gasteiger partial charge in [-0.15, -0.1) is 0 Å². The molecule has 0 aliphatic carbocycles. The predicted molar refractivity (Wildman–Crippen MR) is 91.6 cm³/mol. The average Bonchev–Trinajstić information content (AvgIpc) is 3.04. The highest BCUT2D eigenvalue weighted by molar-refractivity contribution is 5.92. The van der Waals surface area contributed by atoms with E-state index in [2.05, 4.69) is 5.32 Å². The van der Waals surface area contributed by atoms with Crippen molar-refractivity contribution in [3.8, 4) is 0 Å². The van der Waals surface area contributed by atoms with Gasteiger partial charge in [0.05, 0.1) is 7.05 Å². The number of nitrogens with zero attached hydrogens (tertiary/aromatic N) is 1. The number of hydrogen-bond donors (Lipinski definition) is 2. The second-order valence-corrected chi connectivity index (χ2v) is 6.57. The Kier molecular flexibility index (Phi) is 5.77. The average molecular weight is 318 g/mol. The fourth-order valence-electron chi connectivity index (χ4n) is 2.91. The Balaban J connectivity index is 1.91. The molecule has 0 spiro atoms. The number of nitrogens with one attached hydrogen (secondary N) is 2. The highest BCUT2D eigenvalue weighted by Crippen LogP contribution is 2.17. The van der Waals surface area contributed by atoms with E-state index >= 15 is 0 Å². The van der Waals surface area contributed by atoms with Gasteiger partial charge in [-0.2, -0.15) is 0 Å². The van der Waals surface area contributed by atoms with Gasteiger partial charge in [0.25, 0.3) is 11.8 Å². The molecule has 0 aromatic heterocycles. The zero-order valence-corrected chi connectivity index (χ0v) is 14.6. The molecule has 1 unspecified atom stereocenters. The van der Waals surface area contributed by atoms with Crippen LogP contribution in [0.5, 0.6) is 0 Å². The molecule has 1 aliphatic heterocycles. The van der Waals surface area contributed by atoms with E-state index in [1.54, 1.807) is 0 Å². The highest BCUT2D eigenvalue weighted by Gasteiger charge is 2.29. The Bertz CT molecular complexity index is 580. The number of carbonyl (C=O) groups is 2. The van der Waals surface area contributed by atoms with E-state index in [1.165, 1.54) is 0 Å². The first-order valence-electron chi connectivity index (χ1n) is 8.37. The fraction of sp³-hybridized carbons (Fsp3) is 0.556. The van der Waals surface area contributed by atoms with Gasteiger partial charge in [0, 0.05) is 18.8 Å². The zero-order valence-electron chi connectivity index (χ0n) is 14.6. The van der Waals surface area contributed by atoms with Gasteiger partial charge in [-0.1, -0.05) is 12.1 Å². The number of rotatable bonds is 5. The maximum Gasteiger partial charge on any atom is 0.280 e. The lowest BCUT2D eigenvalue weighted by Crippen LogP contribution is -3.15. The van der Waals surface area contributed by atoms with E-state index in [-0.39, 0.29) is 24.4 Å². The van der Waals surface area contributed by atoms with Crippen LogP contribution >= 0.6 is 0 Å². The van der Waals surface area contributed by atoms with Crippen molar-refractivity contribution in [3.63, 3.8) is 0 Å². The molecule has 5 heteroatoms. The molecule has 0 radical (unpaired) electrons. The quantitative estimate of drug-likeness (QED) is 0.842. The smallest absolute Gasteiger partial charge is 0.280 e. The summed E-state index contributed by atoms with van der Waals surface area (Å²) in [6.45, 7) is 7.92. The molecule has 2 rings (SSSR count). The van der Waals surface area contributed by atoms with Crippen LogP contribution in [0.1, 0.15) is 30.9 Å². The van der Waals surface area contributed by atoms with Crippen LogP contribution in [0.25, 0.3) is 0 Å². The van der Waals surface area contributed by atoms with Crippen LogP contribution in [0.3, 0.4) is 0 Å². The van der Waals surface area contributed by atoms with Crippen molar-refractivity contribution in [1.82, 2.24) is 4.90 Å². The van der Waals surface area contributed by atoms with Gasteiger partial charge in [0.15, 0.2) is 12.6 Å². The van der Waals surface area contributed by atoms with Gasteiger partial charge in [-0.3, -0.25) is 9.59 Å². The van der Waals surface area contributed by atoms with Crippen molar-refractivity contribution in [2.24, 2.45) is 0 Å². The number of anilines is 1. The maximum absolute atomic E-state index is 12.4. The van der Waals surface area contributed by atoms with Gasteiger partial charge in [0.1, 0.15) is 0 Å². The molecule has 1 aliphatic rings. The third kappa shape index (κ3) is 4.32. The number of amides is 2. The number of benzene rings is 1. The predicted octanol–water partition coefficient (Wildman–Crippen LogP) is 0.768. The number of quaternary nitrogens is 1. The monoisotopic (exact) mass is 318 g/mol. The van der Waals surface area contributed by atoms with E-state index in [0.717, 1.165) is 47.6 Å². The normalized spacial score (nSPS) is 17.0. The molecule has 2 atom stereocenters. The van der Waals surface area contributed by atoms with Gasteiger partial charge in [-0.05, 0) is 50.8 Å². The van der Waals surface area contributed by atoms with Crippen molar-refractivity contribution < 1.29 is 14.5 Å². The molecule has 2 N–H and O–H groups in total. The first-order valence-corrected chi connectivity index (χ1v) is 8.37. The number of aryl methyl sites for hydroxylation is 1. The minimum Gasteiger partial charge on any atom is -0.338 e. The second-order valence-electron chi connectivity index (χ2n) is 6.57. The van der Waals surface area contributed by atoms with Gasteiger partial charge < -0.3 is 15.1 Å². The lowest BCUT2D eigenvalue weighted by Gasteiger charge is -2.25.